The van der Waals surface area contributed by atoms with Crippen LogP contribution in [0.15, 0.2) is 72.9 Å². The molecule has 2 fully saturated rings. The fourth-order valence-electron chi connectivity index (χ4n) is 5.72. The first-order chi connectivity index (χ1) is 16.7. The molecule has 34 heavy (non-hydrogen) atoms. The smallest absolute Gasteiger partial charge is 0.238 e. The highest BCUT2D eigenvalue weighted by Gasteiger charge is 2.57. The lowest BCUT2D eigenvalue weighted by Gasteiger charge is -2.29. The van der Waals surface area contributed by atoms with Crippen LogP contribution in [0.4, 0.5) is 5.82 Å². The van der Waals surface area contributed by atoms with Crippen molar-refractivity contribution < 1.29 is 14.3 Å². The molecule has 3 aliphatic heterocycles. The minimum Gasteiger partial charge on any atom is -0.497 e. The van der Waals surface area contributed by atoms with Crippen LogP contribution in [0.25, 0.3) is 0 Å². The van der Waals surface area contributed by atoms with Gasteiger partial charge >= 0.3 is 0 Å². The van der Waals surface area contributed by atoms with E-state index in [2.05, 4.69) is 22.1 Å². The molecular weight excluding hydrogens is 428 g/mol. The number of hydrogen-bond acceptors (Lipinski definition) is 5. The van der Waals surface area contributed by atoms with Crippen molar-refractivity contribution in [2.75, 3.05) is 25.1 Å². The molecule has 2 saturated heterocycles. The molecule has 7 heteroatoms. The van der Waals surface area contributed by atoms with Gasteiger partial charge in [0.05, 0.1) is 25.1 Å². The molecule has 0 N–H and O–H groups in total. The molecule has 1 aromatic heterocycles. The zero-order valence-corrected chi connectivity index (χ0v) is 19.0. The van der Waals surface area contributed by atoms with E-state index >= 15 is 0 Å². The minimum absolute atomic E-state index is 0.00863. The molecule has 172 valence electrons. The van der Waals surface area contributed by atoms with Crippen LogP contribution in [-0.4, -0.2) is 47.0 Å². The van der Waals surface area contributed by atoms with Gasteiger partial charge in [-0.15, -0.1) is 0 Å². The Morgan fingerprint density at radius 3 is 2.44 bits per heavy atom. The Hall–Kier alpha value is -3.71. The van der Waals surface area contributed by atoms with Gasteiger partial charge in [0, 0.05) is 25.7 Å². The van der Waals surface area contributed by atoms with Crippen LogP contribution < -0.4 is 9.64 Å². The number of methoxy groups -OCH3 is 1. The molecule has 2 amide bonds. The van der Waals surface area contributed by atoms with Crippen LogP contribution in [0.2, 0.25) is 0 Å². The number of amides is 2. The van der Waals surface area contributed by atoms with Crippen molar-refractivity contribution in [3.63, 3.8) is 0 Å². The highest BCUT2D eigenvalue weighted by Crippen LogP contribution is 2.52. The number of anilines is 1. The quantitative estimate of drug-likeness (QED) is 0.603. The largest absolute Gasteiger partial charge is 0.497 e. The first-order valence-corrected chi connectivity index (χ1v) is 11.7. The molecule has 7 nitrogen and oxygen atoms in total. The second-order valence-corrected chi connectivity index (χ2v) is 8.98. The molecule has 0 bridgehead atoms. The first-order valence-electron chi connectivity index (χ1n) is 11.7. The van der Waals surface area contributed by atoms with E-state index in [1.165, 1.54) is 0 Å². The van der Waals surface area contributed by atoms with E-state index in [1.54, 1.807) is 13.3 Å². The Morgan fingerprint density at radius 2 is 1.68 bits per heavy atom. The van der Waals surface area contributed by atoms with Crippen molar-refractivity contribution in [1.82, 2.24) is 15.0 Å². The second kappa shape index (κ2) is 8.25. The van der Waals surface area contributed by atoms with Gasteiger partial charge in [-0.25, -0.2) is 9.99 Å². The zero-order valence-electron chi connectivity index (χ0n) is 19.0. The Labute approximate surface area is 198 Å². The van der Waals surface area contributed by atoms with E-state index in [4.69, 9.17) is 4.74 Å². The molecule has 4 heterocycles. The van der Waals surface area contributed by atoms with Crippen molar-refractivity contribution >= 4 is 17.6 Å². The van der Waals surface area contributed by atoms with Crippen LogP contribution in [0.3, 0.4) is 0 Å². The van der Waals surface area contributed by atoms with E-state index in [0.29, 0.717) is 19.5 Å². The second-order valence-electron chi connectivity index (χ2n) is 8.98. The third kappa shape index (κ3) is 3.19. The Balaban J connectivity index is 1.49. The number of benzene rings is 2. The molecule has 0 unspecified atom stereocenters. The number of pyridine rings is 1. The number of aromatic nitrogens is 1. The van der Waals surface area contributed by atoms with Gasteiger partial charge in [0.25, 0.3) is 0 Å². The average molecular weight is 455 g/mol. The zero-order chi connectivity index (χ0) is 23.2. The predicted molar refractivity (Wildman–Crippen MR) is 127 cm³/mol. The van der Waals surface area contributed by atoms with Gasteiger partial charge in [-0.1, -0.05) is 48.5 Å². The molecule has 0 aliphatic carbocycles. The summed E-state index contributed by atoms with van der Waals surface area (Å²) in [6.07, 6.45) is 2.97. The van der Waals surface area contributed by atoms with Crippen molar-refractivity contribution in [2.45, 2.75) is 24.9 Å². The summed E-state index contributed by atoms with van der Waals surface area (Å²) in [5, 5.41) is 3.93. The standard InChI is InChI=1S/C27H26N4O3/c1-34-21-11-9-19(10-12-21)25-23(27(33)29-16-13-20-8-5-15-28-26(20)29)24(18-6-3-2-4-7-18)30-17-14-22(32)31(25)30/h2-12,15,23-25H,13-14,16-17H2,1H3/t23-,24+,25+/m0/s1. The van der Waals surface area contributed by atoms with Gasteiger partial charge in [0.15, 0.2) is 0 Å². The van der Waals surface area contributed by atoms with Crippen LogP contribution in [0.1, 0.15) is 35.2 Å². The van der Waals surface area contributed by atoms with Gasteiger partial charge in [0.2, 0.25) is 11.8 Å². The van der Waals surface area contributed by atoms with E-state index in [-0.39, 0.29) is 17.9 Å². The number of rotatable bonds is 4. The molecule has 3 aliphatic rings. The highest BCUT2D eigenvalue weighted by molar-refractivity contribution is 5.98. The summed E-state index contributed by atoms with van der Waals surface area (Å²) >= 11 is 0. The Kier molecular flexibility index (Phi) is 5.07. The summed E-state index contributed by atoms with van der Waals surface area (Å²) < 4.78 is 5.35. The lowest BCUT2D eigenvalue weighted by atomic mass is 9.83. The summed E-state index contributed by atoms with van der Waals surface area (Å²) in [6.45, 7) is 1.20. The summed E-state index contributed by atoms with van der Waals surface area (Å²) in [5.41, 5.74) is 3.05. The molecule has 3 atom stereocenters. The Bertz CT molecular complexity index is 1230. The number of hydrogen-bond donors (Lipinski definition) is 0. The molecule has 0 saturated carbocycles. The summed E-state index contributed by atoms with van der Waals surface area (Å²) in [7, 11) is 1.63. The maximum atomic E-state index is 14.3. The van der Waals surface area contributed by atoms with Crippen molar-refractivity contribution in [1.29, 1.82) is 0 Å². The predicted octanol–water partition coefficient (Wildman–Crippen LogP) is 3.54. The first kappa shape index (κ1) is 20.9. The van der Waals surface area contributed by atoms with Gasteiger partial charge in [-0.05, 0) is 41.3 Å². The van der Waals surface area contributed by atoms with E-state index in [1.807, 2.05) is 64.5 Å². The normalized spacial score (nSPS) is 23.8. The number of nitrogens with zero attached hydrogens (tertiary/aromatic N) is 4. The van der Waals surface area contributed by atoms with Crippen LogP contribution in [0, 0.1) is 5.92 Å². The maximum Gasteiger partial charge on any atom is 0.238 e. The minimum atomic E-state index is -0.465. The third-order valence-corrected chi connectivity index (χ3v) is 7.23. The fourth-order valence-corrected chi connectivity index (χ4v) is 5.72. The van der Waals surface area contributed by atoms with Gasteiger partial charge in [-0.2, -0.15) is 0 Å². The number of fused-ring (bicyclic) bond motifs is 2. The summed E-state index contributed by atoms with van der Waals surface area (Å²) in [6, 6.07) is 21.1. The summed E-state index contributed by atoms with van der Waals surface area (Å²) in [4.78, 5) is 33.8. The van der Waals surface area contributed by atoms with Crippen molar-refractivity contribution in [3.8, 4) is 5.75 Å². The molecule has 3 aromatic rings. The third-order valence-electron chi connectivity index (χ3n) is 7.23. The number of hydrazine groups is 1. The fraction of sp³-hybridized carbons (Fsp3) is 0.296. The average Bonchev–Trinajstić information content (AvgIpc) is 3.57. The van der Waals surface area contributed by atoms with E-state index in [0.717, 1.165) is 34.7 Å². The van der Waals surface area contributed by atoms with E-state index < -0.39 is 12.0 Å². The summed E-state index contributed by atoms with van der Waals surface area (Å²) in [5.74, 6) is 1.08. The number of ether oxygens (including phenoxy) is 1. The van der Waals surface area contributed by atoms with E-state index in [9.17, 15) is 9.59 Å². The molecular formula is C27H26N4O3. The van der Waals surface area contributed by atoms with Gasteiger partial charge in [-0.3, -0.25) is 19.5 Å². The van der Waals surface area contributed by atoms with Gasteiger partial charge < -0.3 is 4.74 Å². The SMILES string of the molecule is COc1ccc([C@@H]2[C@@H](C(=O)N3CCc4cccnc43)[C@@H](c3ccccc3)N3CCC(=O)N23)cc1. The lowest BCUT2D eigenvalue weighted by molar-refractivity contribution is -0.139. The van der Waals surface area contributed by atoms with Crippen LogP contribution in [0.5, 0.6) is 5.75 Å². The molecule has 0 radical (unpaired) electrons. The highest BCUT2D eigenvalue weighted by atomic mass is 16.5. The Morgan fingerprint density at radius 1 is 0.912 bits per heavy atom. The topological polar surface area (TPSA) is 66.0 Å². The molecule has 2 aromatic carbocycles. The van der Waals surface area contributed by atoms with Crippen LogP contribution in [-0.2, 0) is 16.0 Å². The van der Waals surface area contributed by atoms with Gasteiger partial charge in [0.1, 0.15) is 11.6 Å². The van der Waals surface area contributed by atoms with Crippen molar-refractivity contribution in [2.24, 2.45) is 5.92 Å². The molecule has 0 spiro atoms. The number of carbonyl (C=O) groups excluding carboxylic acids is 2. The maximum absolute atomic E-state index is 14.3. The molecule has 6 rings (SSSR count). The monoisotopic (exact) mass is 454 g/mol. The van der Waals surface area contributed by atoms with Crippen LogP contribution >= 0.6 is 0 Å². The number of carbonyl (C=O) groups is 2. The lowest BCUT2D eigenvalue weighted by Crippen LogP contribution is -2.40. The van der Waals surface area contributed by atoms with Crippen molar-refractivity contribution in [3.05, 3.63) is 89.6 Å².